The Morgan fingerprint density at radius 1 is 1.15 bits per heavy atom. The summed E-state index contributed by atoms with van der Waals surface area (Å²) in [6.45, 7) is 0. The molecule has 0 aromatic heterocycles. The maximum Gasteiger partial charge on any atom is 0.238 e. The summed E-state index contributed by atoms with van der Waals surface area (Å²) >= 11 is 0. The molecule has 0 unspecified atom stereocenters. The van der Waals surface area contributed by atoms with Crippen molar-refractivity contribution in [1.82, 2.24) is 0 Å². The molecule has 0 amide bonds. The molecule has 0 nitrogen and oxygen atoms in total. The maximum absolute atomic E-state index is 11.8. The highest BCUT2D eigenvalue weighted by Crippen LogP contribution is 2.05. The van der Waals surface area contributed by atoms with Crippen LogP contribution in [0.5, 0.6) is 0 Å². The molecule has 72 valence electrons. The first kappa shape index (κ1) is 10.4. The lowest BCUT2D eigenvalue weighted by atomic mass is 10.3. The van der Waals surface area contributed by atoms with Crippen LogP contribution in [0, 0.1) is 0 Å². The number of benzene rings is 1. The average Bonchev–Trinajstić information content (AvgIpc) is 2.14. The van der Waals surface area contributed by atoms with Gasteiger partial charge in [-0.2, -0.15) is 0 Å². The predicted molar refractivity (Wildman–Crippen MR) is 54.7 cm³/mol. The zero-order valence-corrected chi connectivity index (χ0v) is 8.96. The Balaban J connectivity index is 2.13. The largest absolute Gasteiger partial charge is 0.238 e. The summed E-state index contributed by atoms with van der Waals surface area (Å²) in [6, 6.07) is 11.2. The van der Waals surface area contributed by atoms with E-state index in [0.717, 1.165) is 6.04 Å². The first-order chi connectivity index (χ1) is 6.29. The van der Waals surface area contributed by atoms with Crippen molar-refractivity contribution in [1.29, 1.82) is 0 Å². The van der Waals surface area contributed by atoms with Crippen LogP contribution in [0.2, 0.25) is 6.04 Å². The second-order valence-corrected chi connectivity index (χ2v) is 5.15. The molecule has 0 aliphatic carbocycles. The summed E-state index contributed by atoms with van der Waals surface area (Å²) in [5, 5.41) is 1.37. The Morgan fingerprint density at radius 3 is 2.46 bits per heavy atom. The SMILES string of the molecule is FC(F)CCC[SiH2]c1ccccc1. The summed E-state index contributed by atoms with van der Waals surface area (Å²) < 4.78 is 23.6. The van der Waals surface area contributed by atoms with Gasteiger partial charge < -0.3 is 0 Å². The fraction of sp³-hybridized carbons (Fsp3) is 0.400. The minimum atomic E-state index is -2.12. The third-order valence-corrected chi connectivity index (χ3v) is 3.88. The second kappa shape index (κ2) is 5.86. The Labute approximate surface area is 79.8 Å². The molecule has 0 saturated heterocycles. The van der Waals surface area contributed by atoms with Crippen molar-refractivity contribution in [2.45, 2.75) is 25.3 Å². The number of hydrogen-bond donors (Lipinski definition) is 0. The van der Waals surface area contributed by atoms with Crippen molar-refractivity contribution < 1.29 is 8.78 Å². The molecule has 0 radical (unpaired) electrons. The van der Waals surface area contributed by atoms with Crippen LogP contribution in [0.15, 0.2) is 30.3 Å². The normalized spacial score (nSPS) is 11.6. The molecule has 0 aliphatic heterocycles. The van der Waals surface area contributed by atoms with E-state index in [0.29, 0.717) is 6.42 Å². The molecule has 0 heterocycles. The van der Waals surface area contributed by atoms with Crippen molar-refractivity contribution in [2.75, 3.05) is 0 Å². The van der Waals surface area contributed by atoms with Crippen LogP contribution < -0.4 is 5.19 Å². The molecule has 1 aromatic rings. The number of alkyl halides is 2. The first-order valence-electron chi connectivity index (χ1n) is 4.61. The lowest BCUT2D eigenvalue weighted by molar-refractivity contribution is 0.136. The highest BCUT2D eigenvalue weighted by Gasteiger charge is 2.01. The van der Waals surface area contributed by atoms with Gasteiger partial charge in [0.25, 0.3) is 0 Å². The van der Waals surface area contributed by atoms with Gasteiger partial charge >= 0.3 is 0 Å². The van der Waals surface area contributed by atoms with Crippen LogP contribution in [0.1, 0.15) is 12.8 Å². The van der Waals surface area contributed by atoms with E-state index in [-0.39, 0.29) is 15.9 Å². The van der Waals surface area contributed by atoms with Gasteiger partial charge in [0.2, 0.25) is 6.43 Å². The van der Waals surface area contributed by atoms with Crippen molar-refractivity contribution in [3.63, 3.8) is 0 Å². The molecule has 1 rings (SSSR count). The van der Waals surface area contributed by atoms with Gasteiger partial charge in [-0.3, -0.25) is 0 Å². The van der Waals surface area contributed by atoms with Gasteiger partial charge in [-0.05, 0) is 0 Å². The third kappa shape index (κ3) is 4.78. The van der Waals surface area contributed by atoms with Crippen LogP contribution in [-0.2, 0) is 0 Å². The van der Waals surface area contributed by atoms with Crippen molar-refractivity contribution in [3.05, 3.63) is 30.3 Å². The number of halogens is 2. The first-order valence-corrected chi connectivity index (χ1v) is 6.32. The zero-order chi connectivity index (χ0) is 9.52. The predicted octanol–water partition coefficient (Wildman–Crippen LogP) is 1.94. The zero-order valence-electron chi connectivity index (χ0n) is 7.55. The van der Waals surface area contributed by atoms with E-state index in [1.165, 1.54) is 5.19 Å². The van der Waals surface area contributed by atoms with Crippen molar-refractivity contribution in [3.8, 4) is 0 Å². The van der Waals surface area contributed by atoms with Crippen molar-refractivity contribution in [2.24, 2.45) is 0 Å². The van der Waals surface area contributed by atoms with Gasteiger partial charge in [0.1, 0.15) is 0 Å². The van der Waals surface area contributed by atoms with E-state index in [9.17, 15) is 8.78 Å². The van der Waals surface area contributed by atoms with E-state index < -0.39 is 6.43 Å². The van der Waals surface area contributed by atoms with E-state index in [2.05, 4.69) is 12.1 Å². The molecular formula is C10H14F2Si. The fourth-order valence-electron chi connectivity index (χ4n) is 1.27. The minimum absolute atomic E-state index is 0.0693. The number of hydrogen-bond acceptors (Lipinski definition) is 0. The molecular weight excluding hydrogens is 186 g/mol. The van der Waals surface area contributed by atoms with Gasteiger partial charge in [0.15, 0.2) is 0 Å². The lowest BCUT2D eigenvalue weighted by Gasteiger charge is -1.99. The van der Waals surface area contributed by atoms with E-state index in [1.54, 1.807) is 0 Å². The van der Waals surface area contributed by atoms with E-state index >= 15 is 0 Å². The van der Waals surface area contributed by atoms with Crippen LogP contribution in [0.4, 0.5) is 8.78 Å². The smallest absolute Gasteiger partial charge is 0.211 e. The summed E-state index contributed by atoms with van der Waals surface area (Å²) in [5.74, 6) is 0. The van der Waals surface area contributed by atoms with Crippen LogP contribution >= 0.6 is 0 Å². The molecule has 0 saturated carbocycles. The monoisotopic (exact) mass is 200 g/mol. The van der Waals surface area contributed by atoms with Gasteiger partial charge in [0, 0.05) is 6.42 Å². The third-order valence-electron chi connectivity index (χ3n) is 1.98. The van der Waals surface area contributed by atoms with Crippen molar-refractivity contribution >= 4 is 14.7 Å². The Hall–Kier alpha value is -0.703. The van der Waals surface area contributed by atoms with Gasteiger partial charge in [-0.25, -0.2) is 8.78 Å². The highest BCUT2D eigenvalue weighted by molar-refractivity contribution is 6.53. The molecule has 0 N–H and O–H groups in total. The van der Waals surface area contributed by atoms with Gasteiger partial charge in [-0.1, -0.05) is 48.0 Å². The van der Waals surface area contributed by atoms with Gasteiger partial charge in [0.05, 0.1) is 9.52 Å². The van der Waals surface area contributed by atoms with Gasteiger partial charge in [-0.15, -0.1) is 0 Å². The molecule has 0 fully saturated rings. The highest BCUT2D eigenvalue weighted by atomic mass is 28.2. The summed E-state index contributed by atoms with van der Waals surface area (Å²) in [6.07, 6.45) is -1.37. The fourth-order valence-corrected chi connectivity index (χ4v) is 2.82. The summed E-state index contributed by atoms with van der Waals surface area (Å²) in [7, 11) is -0.288. The second-order valence-electron chi connectivity index (χ2n) is 3.12. The Bertz CT molecular complexity index is 224. The molecule has 3 heteroatoms. The van der Waals surface area contributed by atoms with Crippen LogP contribution in [0.3, 0.4) is 0 Å². The summed E-state index contributed by atoms with van der Waals surface area (Å²) in [5.41, 5.74) is 0. The van der Waals surface area contributed by atoms with Crippen LogP contribution in [0.25, 0.3) is 0 Å². The molecule has 0 bridgehead atoms. The topological polar surface area (TPSA) is 0 Å². The molecule has 0 atom stereocenters. The molecule has 0 aliphatic rings. The minimum Gasteiger partial charge on any atom is -0.211 e. The molecule has 1 aromatic carbocycles. The Morgan fingerprint density at radius 2 is 1.85 bits per heavy atom. The molecule has 0 spiro atoms. The average molecular weight is 200 g/mol. The quantitative estimate of drug-likeness (QED) is 0.503. The standard InChI is InChI=1S/C10H14F2Si/c11-10(12)7-4-8-13-9-5-2-1-3-6-9/h1-3,5-6,10H,4,7-8,13H2. The van der Waals surface area contributed by atoms with E-state index in [4.69, 9.17) is 0 Å². The van der Waals surface area contributed by atoms with E-state index in [1.807, 2.05) is 18.2 Å². The Kier molecular flexibility index (Phi) is 4.68. The lowest BCUT2D eigenvalue weighted by Crippen LogP contribution is -2.12. The summed E-state index contributed by atoms with van der Waals surface area (Å²) in [4.78, 5) is 0. The van der Waals surface area contributed by atoms with Crippen LogP contribution in [-0.4, -0.2) is 15.9 Å². The number of rotatable bonds is 5. The maximum atomic E-state index is 11.8. The molecule has 13 heavy (non-hydrogen) atoms.